The van der Waals surface area contributed by atoms with E-state index >= 15 is 0 Å². The maximum Gasteiger partial charge on any atom is 0.221 e. The highest BCUT2D eigenvalue weighted by atomic mass is 16.5. The molecule has 0 radical (unpaired) electrons. The largest absolute Gasteiger partial charge is 0.496 e. The summed E-state index contributed by atoms with van der Waals surface area (Å²) in [5.41, 5.74) is 0.907. The van der Waals surface area contributed by atoms with E-state index in [1.54, 1.807) is 13.3 Å². The number of methoxy groups -OCH3 is 1. The highest BCUT2D eigenvalue weighted by Gasteiger charge is 2.25. The Hall–Kier alpha value is -2.56. The van der Waals surface area contributed by atoms with Crippen LogP contribution >= 0.6 is 0 Å². The summed E-state index contributed by atoms with van der Waals surface area (Å²) in [6.07, 6.45) is 10.5. The van der Waals surface area contributed by atoms with Gasteiger partial charge in [-0.3, -0.25) is 4.79 Å². The number of imidazole rings is 1. The lowest BCUT2D eigenvalue weighted by Crippen LogP contribution is -2.32. The molecule has 1 aromatic carbocycles. The van der Waals surface area contributed by atoms with E-state index in [9.17, 15) is 4.79 Å². The van der Waals surface area contributed by atoms with Gasteiger partial charge in [-0.15, -0.1) is 0 Å². The van der Waals surface area contributed by atoms with Gasteiger partial charge in [0, 0.05) is 31.4 Å². The predicted octanol–water partition coefficient (Wildman–Crippen LogP) is 2.99. The number of carbonyl (C=O) groups excluding carboxylic acids is 1. The monoisotopic (exact) mass is 325 g/mol. The van der Waals surface area contributed by atoms with Crippen LogP contribution in [0.3, 0.4) is 0 Å². The van der Waals surface area contributed by atoms with Crippen molar-refractivity contribution in [2.24, 2.45) is 13.0 Å². The molecule has 0 spiro atoms. The molecule has 0 saturated carbocycles. The summed E-state index contributed by atoms with van der Waals surface area (Å²) in [5, 5.41) is 3.14. The minimum Gasteiger partial charge on any atom is -0.496 e. The molecule has 1 N–H and O–H groups in total. The second-order valence-corrected chi connectivity index (χ2v) is 6.11. The number of aromatic nitrogens is 2. The Morgan fingerprint density at radius 1 is 1.46 bits per heavy atom. The standard InChI is InChI=1S/C19H23N3O2/c1-22-12-11-20-19(22)18(15-9-5-6-10-16(15)24-2)21-17(23)13-14-7-3-4-8-14/h3,5-7,9-12,14,18H,4,8,13H2,1-2H3,(H,21,23)/t14-,18+/m0/s1. The van der Waals surface area contributed by atoms with Crippen LogP contribution in [-0.2, 0) is 11.8 Å². The number of nitrogens with one attached hydrogen (secondary N) is 1. The fourth-order valence-corrected chi connectivity index (χ4v) is 3.16. The zero-order valence-corrected chi connectivity index (χ0v) is 14.1. The number of rotatable bonds is 6. The van der Waals surface area contributed by atoms with Gasteiger partial charge in [0.15, 0.2) is 0 Å². The summed E-state index contributed by atoms with van der Waals surface area (Å²) in [6, 6.07) is 7.40. The van der Waals surface area contributed by atoms with Crippen molar-refractivity contribution >= 4 is 5.91 Å². The van der Waals surface area contributed by atoms with Gasteiger partial charge >= 0.3 is 0 Å². The van der Waals surface area contributed by atoms with Crippen LogP contribution in [0.1, 0.15) is 36.7 Å². The number of hydrogen-bond donors (Lipinski definition) is 1. The smallest absolute Gasteiger partial charge is 0.221 e. The van der Waals surface area contributed by atoms with Gasteiger partial charge in [0.1, 0.15) is 17.6 Å². The fourth-order valence-electron chi connectivity index (χ4n) is 3.16. The van der Waals surface area contributed by atoms with Crippen LogP contribution in [0, 0.1) is 5.92 Å². The molecule has 1 amide bonds. The quantitative estimate of drug-likeness (QED) is 0.831. The predicted molar refractivity (Wildman–Crippen MR) is 92.7 cm³/mol. The summed E-state index contributed by atoms with van der Waals surface area (Å²) < 4.78 is 7.40. The molecular formula is C19H23N3O2. The van der Waals surface area contributed by atoms with E-state index < -0.39 is 0 Å². The van der Waals surface area contributed by atoms with Crippen LogP contribution < -0.4 is 10.1 Å². The van der Waals surface area contributed by atoms with Crippen molar-refractivity contribution in [3.63, 3.8) is 0 Å². The molecule has 0 fully saturated rings. The van der Waals surface area contributed by atoms with E-state index in [1.807, 2.05) is 42.1 Å². The Bertz CT molecular complexity index is 736. The van der Waals surface area contributed by atoms with Crippen molar-refractivity contribution in [1.82, 2.24) is 14.9 Å². The Kier molecular flexibility index (Phi) is 4.99. The minimum absolute atomic E-state index is 0.0328. The molecule has 2 atom stereocenters. The number of allylic oxidation sites excluding steroid dienone is 2. The first-order chi connectivity index (χ1) is 11.7. The maximum absolute atomic E-state index is 12.6. The topological polar surface area (TPSA) is 56.1 Å². The van der Waals surface area contributed by atoms with Crippen LogP contribution in [0.2, 0.25) is 0 Å². The Balaban J connectivity index is 1.86. The molecule has 1 aliphatic rings. The lowest BCUT2D eigenvalue weighted by Gasteiger charge is -2.22. The summed E-state index contributed by atoms with van der Waals surface area (Å²) in [7, 11) is 3.57. The molecule has 0 bridgehead atoms. The van der Waals surface area contributed by atoms with Crippen LogP contribution in [0.5, 0.6) is 5.75 Å². The number of ether oxygens (including phenoxy) is 1. The number of para-hydroxylation sites is 1. The van der Waals surface area contributed by atoms with Gasteiger partial charge in [-0.05, 0) is 24.8 Å². The Morgan fingerprint density at radius 2 is 2.29 bits per heavy atom. The van der Waals surface area contributed by atoms with E-state index in [1.165, 1.54) is 0 Å². The number of aryl methyl sites for hydroxylation is 1. The van der Waals surface area contributed by atoms with Crippen molar-refractivity contribution in [3.05, 3.63) is 60.2 Å². The molecule has 1 heterocycles. The van der Waals surface area contributed by atoms with Crippen LogP contribution in [-0.4, -0.2) is 22.6 Å². The summed E-state index contributed by atoms with van der Waals surface area (Å²) in [4.78, 5) is 17.0. The van der Waals surface area contributed by atoms with E-state index in [0.717, 1.165) is 30.0 Å². The van der Waals surface area contributed by atoms with Gasteiger partial charge in [0.2, 0.25) is 5.91 Å². The summed E-state index contributed by atoms with van der Waals surface area (Å²) >= 11 is 0. The molecular weight excluding hydrogens is 302 g/mol. The van der Waals surface area contributed by atoms with Gasteiger partial charge < -0.3 is 14.6 Å². The Morgan fingerprint density at radius 3 is 2.96 bits per heavy atom. The minimum atomic E-state index is -0.334. The number of carbonyl (C=O) groups is 1. The molecule has 5 nitrogen and oxygen atoms in total. The van der Waals surface area contributed by atoms with Crippen molar-refractivity contribution in [1.29, 1.82) is 0 Å². The first-order valence-electron chi connectivity index (χ1n) is 8.25. The first kappa shape index (κ1) is 16.3. The molecule has 0 aliphatic heterocycles. The molecule has 3 rings (SSSR count). The van der Waals surface area contributed by atoms with Crippen LogP contribution in [0.4, 0.5) is 0 Å². The second-order valence-electron chi connectivity index (χ2n) is 6.11. The average Bonchev–Trinajstić information content (AvgIpc) is 3.24. The lowest BCUT2D eigenvalue weighted by atomic mass is 10.0. The average molecular weight is 325 g/mol. The third-order valence-electron chi connectivity index (χ3n) is 4.43. The van der Waals surface area contributed by atoms with Crippen molar-refractivity contribution in [2.45, 2.75) is 25.3 Å². The van der Waals surface area contributed by atoms with Gasteiger partial charge in [-0.2, -0.15) is 0 Å². The summed E-state index contributed by atoms with van der Waals surface area (Å²) in [5.74, 6) is 1.90. The Labute approximate surface area is 142 Å². The molecule has 1 aromatic heterocycles. The normalized spacial score (nSPS) is 17.7. The van der Waals surface area contributed by atoms with Crippen LogP contribution in [0.15, 0.2) is 48.8 Å². The number of benzene rings is 1. The van der Waals surface area contributed by atoms with Crippen molar-refractivity contribution in [2.75, 3.05) is 7.11 Å². The van der Waals surface area contributed by atoms with E-state index in [0.29, 0.717) is 12.3 Å². The molecule has 2 aromatic rings. The van der Waals surface area contributed by atoms with E-state index in [4.69, 9.17) is 4.74 Å². The van der Waals surface area contributed by atoms with Gasteiger partial charge in [0.05, 0.1) is 7.11 Å². The zero-order valence-electron chi connectivity index (χ0n) is 14.1. The molecule has 1 aliphatic carbocycles. The van der Waals surface area contributed by atoms with E-state index in [2.05, 4.69) is 22.5 Å². The highest BCUT2D eigenvalue weighted by molar-refractivity contribution is 5.77. The molecule has 5 heteroatoms. The van der Waals surface area contributed by atoms with Gasteiger partial charge in [0.25, 0.3) is 0 Å². The molecule has 126 valence electrons. The molecule has 0 saturated heterocycles. The third kappa shape index (κ3) is 3.50. The van der Waals surface area contributed by atoms with E-state index in [-0.39, 0.29) is 11.9 Å². The number of hydrogen-bond acceptors (Lipinski definition) is 3. The lowest BCUT2D eigenvalue weighted by molar-refractivity contribution is -0.122. The fraction of sp³-hybridized carbons (Fsp3) is 0.368. The second kappa shape index (κ2) is 7.34. The van der Waals surface area contributed by atoms with Gasteiger partial charge in [-0.25, -0.2) is 4.98 Å². The summed E-state index contributed by atoms with van der Waals surface area (Å²) in [6.45, 7) is 0. The number of nitrogens with zero attached hydrogens (tertiary/aromatic N) is 2. The van der Waals surface area contributed by atoms with Crippen molar-refractivity contribution < 1.29 is 9.53 Å². The molecule has 0 unspecified atom stereocenters. The van der Waals surface area contributed by atoms with Crippen molar-refractivity contribution in [3.8, 4) is 5.75 Å². The van der Waals surface area contributed by atoms with Crippen LogP contribution in [0.25, 0.3) is 0 Å². The zero-order chi connectivity index (χ0) is 16.9. The molecule has 24 heavy (non-hydrogen) atoms. The SMILES string of the molecule is COc1ccccc1[C@@H](NC(=O)C[C@H]1C=CCC1)c1nccn1C. The van der Waals surface area contributed by atoms with Gasteiger partial charge in [-0.1, -0.05) is 30.4 Å². The maximum atomic E-state index is 12.6. The first-order valence-corrected chi connectivity index (χ1v) is 8.25. The number of amides is 1. The highest BCUT2D eigenvalue weighted by Crippen LogP contribution is 2.29. The third-order valence-corrected chi connectivity index (χ3v) is 4.43.